The molecule has 0 saturated heterocycles. The summed E-state index contributed by atoms with van der Waals surface area (Å²) in [6.07, 6.45) is 1.93. The summed E-state index contributed by atoms with van der Waals surface area (Å²) in [5.74, 6) is 0.356. The molecule has 0 radical (unpaired) electrons. The van der Waals surface area contributed by atoms with E-state index in [9.17, 15) is 8.42 Å². The highest BCUT2D eigenvalue weighted by molar-refractivity contribution is 9.09. The molecular formula is C16H20BrNO2S. The van der Waals surface area contributed by atoms with Crippen LogP contribution >= 0.6 is 15.9 Å². The van der Waals surface area contributed by atoms with E-state index in [1.807, 2.05) is 30.3 Å². The smallest absolute Gasteiger partial charge is 0.211 e. The molecule has 0 bridgehead atoms. The normalized spacial score (nSPS) is 13.4. The van der Waals surface area contributed by atoms with E-state index in [0.717, 1.165) is 28.9 Å². The highest BCUT2D eigenvalue weighted by atomic mass is 79.9. The molecule has 0 heterocycles. The van der Waals surface area contributed by atoms with Crippen LogP contribution in [0, 0.1) is 5.92 Å². The van der Waals surface area contributed by atoms with Crippen molar-refractivity contribution in [2.45, 2.75) is 24.7 Å². The maximum Gasteiger partial charge on any atom is 0.241 e. The van der Waals surface area contributed by atoms with E-state index >= 15 is 0 Å². The van der Waals surface area contributed by atoms with Crippen molar-refractivity contribution in [2.24, 2.45) is 5.92 Å². The highest BCUT2D eigenvalue weighted by Crippen LogP contribution is 2.22. The number of rotatable bonds is 7. The number of benzene rings is 2. The number of nitrogens with one attached hydrogen (secondary N) is 1. The van der Waals surface area contributed by atoms with Crippen LogP contribution in [0.5, 0.6) is 0 Å². The molecule has 5 heteroatoms. The molecule has 0 amide bonds. The van der Waals surface area contributed by atoms with Gasteiger partial charge in [-0.05, 0) is 23.8 Å². The second-order valence-corrected chi connectivity index (χ2v) is 7.61. The lowest BCUT2D eigenvalue weighted by Crippen LogP contribution is -2.29. The number of hydrogen-bond acceptors (Lipinski definition) is 2. The summed E-state index contributed by atoms with van der Waals surface area (Å²) in [6, 6.07) is 12.9. The molecule has 1 unspecified atom stereocenters. The Kier molecular flexibility index (Phi) is 5.79. The van der Waals surface area contributed by atoms with Crippen molar-refractivity contribution in [2.75, 3.05) is 11.9 Å². The molecule has 0 spiro atoms. The van der Waals surface area contributed by atoms with Crippen molar-refractivity contribution in [3.8, 4) is 0 Å². The monoisotopic (exact) mass is 369 g/mol. The molecule has 1 N–H and O–H groups in total. The average molecular weight is 370 g/mol. The zero-order valence-corrected chi connectivity index (χ0v) is 14.5. The zero-order chi connectivity index (χ0) is 15.3. The molecule has 0 aliphatic carbocycles. The molecule has 0 fully saturated rings. The zero-order valence-electron chi connectivity index (χ0n) is 12.0. The van der Waals surface area contributed by atoms with Gasteiger partial charge in [-0.2, -0.15) is 0 Å². The van der Waals surface area contributed by atoms with Gasteiger partial charge < -0.3 is 0 Å². The Morgan fingerprint density at radius 3 is 2.57 bits per heavy atom. The quantitative estimate of drug-likeness (QED) is 0.751. The summed E-state index contributed by atoms with van der Waals surface area (Å²) < 4.78 is 27.9. The van der Waals surface area contributed by atoms with E-state index in [1.54, 1.807) is 12.1 Å². The van der Waals surface area contributed by atoms with Gasteiger partial charge in [0.25, 0.3) is 0 Å². The third-order valence-corrected chi connectivity index (χ3v) is 5.64. The van der Waals surface area contributed by atoms with Gasteiger partial charge in [0.2, 0.25) is 10.0 Å². The van der Waals surface area contributed by atoms with Crippen LogP contribution in [0.4, 0.5) is 0 Å². The van der Waals surface area contributed by atoms with E-state index in [-0.39, 0.29) is 0 Å². The van der Waals surface area contributed by atoms with Gasteiger partial charge in [0.1, 0.15) is 0 Å². The predicted octanol–water partition coefficient (Wildman–Crippen LogP) is 3.93. The van der Waals surface area contributed by atoms with Crippen molar-refractivity contribution >= 4 is 36.7 Å². The summed E-state index contributed by atoms with van der Waals surface area (Å²) >= 11 is 3.41. The minimum absolute atomic E-state index is 0.356. The van der Waals surface area contributed by atoms with Gasteiger partial charge in [-0.3, -0.25) is 0 Å². The SMILES string of the molecule is CCC(CCBr)CNS(=O)(=O)c1cccc2ccccc12. The summed E-state index contributed by atoms with van der Waals surface area (Å²) in [5, 5.41) is 2.59. The molecule has 3 nitrogen and oxygen atoms in total. The van der Waals surface area contributed by atoms with Crippen LogP contribution < -0.4 is 4.72 Å². The molecule has 21 heavy (non-hydrogen) atoms. The van der Waals surface area contributed by atoms with E-state index < -0.39 is 10.0 Å². The maximum absolute atomic E-state index is 12.5. The Labute approximate surface area is 134 Å². The van der Waals surface area contributed by atoms with Gasteiger partial charge in [0.05, 0.1) is 4.90 Å². The van der Waals surface area contributed by atoms with E-state index in [1.165, 1.54) is 0 Å². The predicted molar refractivity (Wildman–Crippen MR) is 91.3 cm³/mol. The second-order valence-electron chi connectivity index (χ2n) is 5.08. The largest absolute Gasteiger partial charge is 0.241 e. The van der Waals surface area contributed by atoms with Crippen LogP contribution in [-0.4, -0.2) is 20.3 Å². The summed E-state index contributed by atoms with van der Waals surface area (Å²) in [5.41, 5.74) is 0. The van der Waals surface area contributed by atoms with Crippen LogP contribution in [0.2, 0.25) is 0 Å². The molecule has 1 atom stereocenters. The van der Waals surface area contributed by atoms with Crippen molar-refractivity contribution in [1.29, 1.82) is 0 Å². The number of halogens is 1. The first-order chi connectivity index (χ1) is 10.1. The Morgan fingerprint density at radius 2 is 1.86 bits per heavy atom. The number of alkyl halides is 1. The van der Waals surface area contributed by atoms with E-state index in [4.69, 9.17) is 0 Å². The average Bonchev–Trinajstić information content (AvgIpc) is 2.50. The molecule has 2 aromatic rings. The highest BCUT2D eigenvalue weighted by Gasteiger charge is 2.18. The Hall–Kier alpha value is -0.910. The van der Waals surface area contributed by atoms with Gasteiger partial charge in [-0.1, -0.05) is 65.7 Å². The fourth-order valence-corrected chi connectivity index (χ4v) is 4.33. The summed E-state index contributed by atoms with van der Waals surface area (Å²) in [4.78, 5) is 0.356. The van der Waals surface area contributed by atoms with Gasteiger partial charge in [-0.25, -0.2) is 13.1 Å². The van der Waals surface area contributed by atoms with Gasteiger partial charge >= 0.3 is 0 Å². The number of fused-ring (bicyclic) bond motifs is 1. The van der Waals surface area contributed by atoms with Gasteiger partial charge in [-0.15, -0.1) is 0 Å². The maximum atomic E-state index is 12.5. The lowest BCUT2D eigenvalue weighted by atomic mass is 10.0. The van der Waals surface area contributed by atoms with Crippen LogP contribution in [-0.2, 0) is 10.0 Å². The van der Waals surface area contributed by atoms with Crippen molar-refractivity contribution in [1.82, 2.24) is 4.72 Å². The third kappa shape index (κ3) is 4.05. The van der Waals surface area contributed by atoms with Crippen LogP contribution in [0.3, 0.4) is 0 Å². The molecule has 0 aromatic heterocycles. The van der Waals surface area contributed by atoms with Crippen LogP contribution in [0.15, 0.2) is 47.4 Å². The molecule has 2 aromatic carbocycles. The second kappa shape index (κ2) is 7.38. The molecule has 0 saturated carbocycles. The van der Waals surface area contributed by atoms with Gasteiger partial charge in [0.15, 0.2) is 0 Å². The first kappa shape index (κ1) is 16.5. The van der Waals surface area contributed by atoms with Crippen molar-refractivity contribution < 1.29 is 8.42 Å². The molecule has 2 rings (SSSR count). The Balaban J connectivity index is 2.26. The molecular weight excluding hydrogens is 350 g/mol. The van der Waals surface area contributed by atoms with Crippen LogP contribution in [0.25, 0.3) is 10.8 Å². The first-order valence-corrected chi connectivity index (χ1v) is 9.72. The molecule has 114 valence electrons. The topological polar surface area (TPSA) is 46.2 Å². The lowest BCUT2D eigenvalue weighted by Gasteiger charge is -2.15. The fraction of sp³-hybridized carbons (Fsp3) is 0.375. The van der Waals surface area contributed by atoms with Crippen LogP contribution in [0.1, 0.15) is 19.8 Å². The van der Waals surface area contributed by atoms with Gasteiger partial charge in [0, 0.05) is 17.3 Å². The standard InChI is InChI=1S/C16H20BrNO2S/c1-2-13(10-11-17)12-18-21(19,20)16-9-5-7-14-6-3-4-8-15(14)16/h3-9,13,18H,2,10-12H2,1H3. The number of sulfonamides is 1. The minimum Gasteiger partial charge on any atom is -0.211 e. The molecule has 0 aliphatic rings. The summed E-state index contributed by atoms with van der Waals surface area (Å²) in [6.45, 7) is 2.56. The Morgan fingerprint density at radius 1 is 1.14 bits per heavy atom. The first-order valence-electron chi connectivity index (χ1n) is 7.12. The van der Waals surface area contributed by atoms with E-state index in [0.29, 0.717) is 17.4 Å². The number of hydrogen-bond donors (Lipinski definition) is 1. The lowest BCUT2D eigenvalue weighted by molar-refractivity contribution is 0.483. The fourth-order valence-electron chi connectivity index (χ4n) is 2.34. The Bertz CT molecular complexity index is 695. The van der Waals surface area contributed by atoms with Crippen molar-refractivity contribution in [3.05, 3.63) is 42.5 Å². The molecule has 0 aliphatic heterocycles. The van der Waals surface area contributed by atoms with Crippen molar-refractivity contribution in [3.63, 3.8) is 0 Å². The minimum atomic E-state index is -3.48. The summed E-state index contributed by atoms with van der Waals surface area (Å²) in [7, 11) is -3.48. The van der Waals surface area contributed by atoms with E-state index in [2.05, 4.69) is 27.6 Å². The third-order valence-electron chi connectivity index (χ3n) is 3.70.